The Labute approximate surface area is 79.9 Å². The van der Waals surface area contributed by atoms with Crippen LogP contribution in [0.4, 0.5) is 0 Å². The summed E-state index contributed by atoms with van der Waals surface area (Å²) in [4.78, 5) is 10.3. The van der Waals surface area contributed by atoms with Crippen LogP contribution in [0.3, 0.4) is 0 Å². The fraction of sp³-hybridized carbons (Fsp3) is 0.375. The van der Waals surface area contributed by atoms with Crippen molar-refractivity contribution in [2.75, 3.05) is 6.61 Å². The van der Waals surface area contributed by atoms with E-state index in [2.05, 4.69) is 0 Å². The normalized spacial score (nSPS) is 12.7. The molecule has 13 heavy (non-hydrogen) atoms. The van der Waals surface area contributed by atoms with Gasteiger partial charge < -0.3 is 15.6 Å². The largest absolute Gasteiger partial charge is 0.480 e. The number of aliphatic carboxylic acids is 1. The Morgan fingerprint density at radius 1 is 1.77 bits per heavy atom. The van der Waals surface area contributed by atoms with Crippen molar-refractivity contribution in [2.45, 2.75) is 12.6 Å². The molecule has 1 aromatic rings. The molecule has 0 aromatic carbocycles. The topological polar surface area (TPSA) is 72.5 Å². The summed E-state index contributed by atoms with van der Waals surface area (Å²) in [5.74, 6) is -1.04. The van der Waals surface area contributed by atoms with E-state index in [9.17, 15) is 4.79 Å². The van der Waals surface area contributed by atoms with Crippen molar-refractivity contribution in [2.24, 2.45) is 5.73 Å². The molecule has 1 rings (SSSR count). The Balaban J connectivity index is 2.18. The van der Waals surface area contributed by atoms with Crippen LogP contribution < -0.4 is 5.73 Å². The molecular formula is C8H11NO3S. The zero-order valence-electron chi connectivity index (χ0n) is 6.97. The van der Waals surface area contributed by atoms with Crippen LogP contribution in [0.2, 0.25) is 0 Å². The van der Waals surface area contributed by atoms with Crippen LogP contribution >= 0.6 is 11.3 Å². The number of carboxylic acids is 1. The van der Waals surface area contributed by atoms with E-state index in [0.29, 0.717) is 6.61 Å². The van der Waals surface area contributed by atoms with E-state index in [1.165, 1.54) is 0 Å². The van der Waals surface area contributed by atoms with Gasteiger partial charge in [0.05, 0.1) is 13.2 Å². The third-order valence-electron chi connectivity index (χ3n) is 1.46. The van der Waals surface area contributed by atoms with Gasteiger partial charge in [-0.05, 0) is 22.4 Å². The van der Waals surface area contributed by atoms with Crippen molar-refractivity contribution in [3.8, 4) is 0 Å². The number of thiophene rings is 1. The first kappa shape index (κ1) is 10.2. The second-order valence-electron chi connectivity index (χ2n) is 2.59. The van der Waals surface area contributed by atoms with E-state index < -0.39 is 12.0 Å². The summed E-state index contributed by atoms with van der Waals surface area (Å²) < 4.78 is 5.10. The predicted octanol–water partition coefficient (Wildman–Crippen LogP) is 0.677. The molecule has 0 amide bonds. The minimum Gasteiger partial charge on any atom is -0.480 e. The smallest absolute Gasteiger partial charge is 0.322 e. The molecule has 3 N–H and O–H groups in total. The first-order valence-corrected chi connectivity index (χ1v) is 4.71. The molecular weight excluding hydrogens is 190 g/mol. The summed E-state index contributed by atoms with van der Waals surface area (Å²) in [7, 11) is 0. The highest BCUT2D eigenvalue weighted by Gasteiger charge is 2.10. The van der Waals surface area contributed by atoms with Crippen LogP contribution in [0.1, 0.15) is 5.56 Å². The number of hydrogen-bond acceptors (Lipinski definition) is 4. The maximum absolute atomic E-state index is 10.3. The molecule has 0 aliphatic carbocycles. The number of nitrogens with two attached hydrogens (primary N) is 1. The van der Waals surface area contributed by atoms with Crippen LogP contribution in [0.5, 0.6) is 0 Å². The highest BCUT2D eigenvalue weighted by Crippen LogP contribution is 2.06. The van der Waals surface area contributed by atoms with Gasteiger partial charge in [-0.3, -0.25) is 4.79 Å². The van der Waals surface area contributed by atoms with E-state index >= 15 is 0 Å². The molecule has 0 unspecified atom stereocenters. The van der Waals surface area contributed by atoms with E-state index in [0.717, 1.165) is 5.56 Å². The summed E-state index contributed by atoms with van der Waals surface area (Å²) in [6, 6.07) is 0.996. The monoisotopic (exact) mass is 201 g/mol. The van der Waals surface area contributed by atoms with Gasteiger partial charge >= 0.3 is 5.97 Å². The second kappa shape index (κ2) is 4.96. The van der Waals surface area contributed by atoms with Crippen molar-refractivity contribution in [1.82, 2.24) is 0 Å². The van der Waals surface area contributed by atoms with Crippen LogP contribution in [-0.2, 0) is 16.1 Å². The molecule has 1 heterocycles. The summed E-state index contributed by atoms with van der Waals surface area (Å²) >= 11 is 1.58. The van der Waals surface area contributed by atoms with Crippen LogP contribution in [-0.4, -0.2) is 23.7 Å². The lowest BCUT2D eigenvalue weighted by Crippen LogP contribution is -2.34. The van der Waals surface area contributed by atoms with Gasteiger partial charge in [0.15, 0.2) is 0 Å². The molecule has 1 aromatic heterocycles. The molecule has 5 heteroatoms. The summed E-state index contributed by atoms with van der Waals surface area (Å²) in [6.45, 7) is 0.468. The Morgan fingerprint density at radius 3 is 3.08 bits per heavy atom. The SMILES string of the molecule is N[C@H](COCc1ccsc1)C(=O)O. The minimum absolute atomic E-state index is 0.0468. The zero-order chi connectivity index (χ0) is 9.68. The molecule has 0 fully saturated rings. The van der Waals surface area contributed by atoms with E-state index in [1.54, 1.807) is 11.3 Å². The Kier molecular flexibility index (Phi) is 3.88. The van der Waals surface area contributed by atoms with Gasteiger partial charge in [0, 0.05) is 0 Å². The number of carboxylic acid groups (broad SMARTS) is 1. The Bertz CT molecular complexity index is 260. The van der Waals surface area contributed by atoms with Gasteiger partial charge in [-0.15, -0.1) is 0 Å². The number of carbonyl (C=O) groups is 1. The first-order chi connectivity index (χ1) is 6.20. The average Bonchev–Trinajstić information content (AvgIpc) is 2.56. The van der Waals surface area contributed by atoms with Gasteiger partial charge in [-0.25, -0.2) is 0 Å². The molecule has 0 saturated carbocycles. The van der Waals surface area contributed by atoms with Gasteiger partial charge in [0.2, 0.25) is 0 Å². The lowest BCUT2D eigenvalue weighted by Gasteiger charge is -2.06. The van der Waals surface area contributed by atoms with Gasteiger partial charge in [0.25, 0.3) is 0 Å². The van der Waals surface area contributed by atoms with Crippen molar-refractivity contribution in [3.05, 3.63) is 22.4 Å². The average molecular weight is 201 g/mol. The fourth-order valence-corrected chi connectivity index (χ4v) is 1.40. The lowest BCUT2D eigenvalue weighted by atomic mass is 10.3. The maximum Gasteiger partial charge on any atom is 0.322 e. The van der Waals surface area contributed by atoms with Crippen molar-refractivity contribution in [1.29, 1.82) is 0 Å². The molecule has 0 saturated heterocycles. The quantitative estimate of drug-likeness (QED) is 0.734. The maximum atomic E-state index is 10.3. The highest BCUT2D eigenvalue weighted by atomic mass is 32.1. The standard InChI is InChI=1S/C8H11NO3S/c9-7(8(10)11)4-12-3-6-1-2-13-5-6/h1-2,5,7H,3-4,9H2,(H,10,11)/t7-/m1/s1. The molecule has 0 aliphatic heterocycles. The van der Waals surface area contributed by atoms with E-state index in [4.69, 9.17) is 15.6 Å². The number of hydrogen-bond donors (Lipinski definition) is 2. The van der Waals surface area contributed by atoms with E-state index in [-0.39, 0.29) is 6.61 Å². The molecule has 0 radical (unpaired) electrons. The summed E-state index contributed by atoms with van der Waals surface area (Å²) in [5.41, 5.74) is 6.28. The first-order valence-electron chi connectivity index (χ1n) is 3.77. The third-order valence-corrected chi connectivity index (χ3v) is 2.20. The summed E-state index contributed by atoms with van der Waals surface area (Å²) in [5, 5.41) is 12.3. The van der Waals surface area contributed by atoms with Crippen molar-refractivity contribution < 1.29 is 14.6 Å². The van der Waals surface area contributed by atoms with Crippen LogP contribution in [0.25, 0.3) is 0 Å². The Morgan fingerprint density at radius 2 is 2.54 bits per heavy atom. The van der Waals surface area contributed by atoms with Crippen molar-refractivity contribution in [3.63, 3.8) is 0 Å². The number of ether oxygens (including phenoxy) is 1. The summed E-state index contributed by atoms with van der Waals surface area (Å²) in [6.07, 6.45) is 0. The second-order valence-corrected chi connectivity index (χ2v) is 3.37. The Hall–Kier alpha value is -0.910. The molecule has 1 atom stereocenters. The predicted molar refractivity (Wildman–Crippen MR) is 49.6 cm³/mol. The molecule has 0 bridgehead atoms. The van der Waals surface area contributed by atoms with Gasteiger partial charge in [-0.1, -0.05) is 0 Å². The van der Waals surface area contributed by atoms with Gasteiger partial charge in [0.1, 0.15) is 6.04 Å². The van der Waals surface area contributed by atoms with E-state index in [1.807, 2.05) is 16.8 Å². The molecule has 0 aliphatic rings. The zero-order valence-corrected chi connectivity index (χ0v) is 7.79. The van der Waals surface area contributed by atoms with Crippen LogP contribution in [0, 0.1) is 0 Å². The number of rotatable bonds is 5. The highest BCUT2D eigenvalue weighted by molar-refractivity contribution is 7.07. The minimum atomic E-state index is -1.04. The van der Waals surface area contributed by atoms with Gasteiger partial charge in [-0.2, -0.15) is 11.3 Å². The molecule has 0 spiro atoms. The van der Waals surface area contributed by atoms with Crippen molar-refractivity contribution >= 4 is 17.3 Å². The third kappa shape index (κ3) is 3.54. The van der Waals surface area contributed by atoms with Crippen LogP contribution in [0.15, 0.2) is 16.8 Å². The lowest BCUT2D eigenvalue weighted by molar-refractivity contribution is -0.140. The molecule has 4 nitrogen and oxygen atoms in total. The molecule has 72 valence electrons. The fourth-order valence-electron chi connectivity index (χ4n) is 0.750.